The number of nitrogens with one attached hydrogen (secondary N) is 1. The molecule has 0 radical (unpaired) electrons. The minimum absolute atomic E-state index is 0.330. The highest BCUT2D eigenvalue weighted by Crippen LogP contribution is 2.38. The Balaban J connectivity index is 2.09. The van der Waals surface area contributed by atoms with Crippen molar-refractivity contribution in [3.8, 4) is 0 Å². The summed E-state index contributed by atoms with van der Waals surface area (Å²) in [5.41, 5.74) is 1.45. The molecule has 0 spiro atoms. The Morgan fingerprint density at radius 1 is 1.44 bits per heavy atom. The van der Waals surface area contributed by atoms with E-state index in [-0.39, 0.29) is 0 Å². The standard InChI is InChI=1S/C14H20FN/c1-11(16-2)13-6-3-5-12(9-13)10-14(15)7-4-8-14/h3,5-6,9,11,16H,4,7-8,10H2,1-2H3. The molecule has 88 valence electrons. The average Bonchev–Trinajstić information content (AvgIpc) is 2.26. The van der Waals surface area contributed by atoms with Crippen LogP contribution in [0.1, 0.15) is 43.4 Å². The van der Waals surface area contributed by atoms with Crippen molar-refractivity contribution in [1.29, 1.82) is 0 Å². The van der Waals surface area contributed by atoms with E-state index in [4.69, 9.17) is 0 Å². The zero-order valence-electron chi connectivity index (χ0n) is 10.1. The molecule has 1 aromatic carbocycles. The third-order valence-electron chi connectivity index (χ3n) is 3.65. The van der Waals surface area contributed by atoms with Gasteiger partial charge in [0.15, 0.2) is 0 Å². The van der Waals surface area contributed by atoms with Crippen LogP contribution in [0.4, 0.5) is 4.39 Å². The fourth-order valence-electron chi connectivity index (χ4n) is 2.24. The molecule has 1 N–H and O–H groups in total. The van der Waals surface area contributed by atoms with Crippen LogP contribution in [-0.2, 0) is 6.42 Å². The van der Waals surface area contributed by atoms with Gasteiger partial charge in [-0.2, -0.15) is 0 Å². The largest absolute Gasteiger partial charge is 0.313 e. The summed E-state index contributed by atoms with van der Waals surface area (Å²) in [6.45, 7) is 2.12. The lowest BCUT2D eigenvalue weighted by molar-refractivity contribution is 0.0641. The third-order valence-corrected chi connectivity index (χ3v) is 3.65. The van der Waals surface area contributed by atoms with Gasteiger partial charge in [-0.25, -0.2) is 4.39 Å². The van der Waals surface area contributed by atoms with Crippen molar-refractivity contribution in [1.82, 2.24) is 5.32 Å². The predicted molar refractivity (Wildman–Crippen MR) is 65.3 cm³/mol. The molecule has 0 aromatic heterocycles. The molecule has 1 saturated carbocycles. The summed E-state index contributed by atoms with van der Waals surface area (Å²) in [4.78, 5) is 0. The number of halogens is 1. The molecule has 1 aliphatic carbocycles. The summed E-state index contributed by atoms with van der Waals surface area (Å²) < 4.78 is 14.0. The monoisotopic (exact) mass is 221 g/mol. The van der Waals surface area contributed by atoms with E-state index in [0.717, 1.165) is 24.8 Å². The minimum Gasteiger partial charge on any atom is -0.313 e. The van der Waals surface area contributed by atoms with Crippen LogP contribution in [0.3, 0.4) is 0 Å². The molecule has 1 nitrogen and oxygen atoms in total. The van der Waals surface area contributed by atoms with Gasteiger partial charge < -0.3 is 5.32 Å². The topological polar surface area (TPSA) is 12.0 Å². The number of hydrogen-bond donors (Lipinski definition) is 1. The second-order valence-corrected chi connectivity index (χ2v) is 4.94. The Morgan fingerprint density at radius 3 is 2.75 bits per heavy atom. The summed E-state index contributed by atoms with van der Waals surface area (Å²) in [5.74, 6) is 0. The Bertz CT molecular complexity index is 358. The quantitative estimate of drug-likeness (QED) is 0.821. The molecular weight excluding hydrogens is 201 g/mol. The van der Waals surface area contributed by atoms with E-state index in [1.54, 1.807) is 0 Å². The number of alkyl halides is 1. The molecule has 0 aliphatic heterocycles. The van der Waals surface area contributed by atoms with Gasteiger partial charge in [0, 0.05) is 12.5 Å². The predicted octanol–water partition coefficient (Wildman–Crippen LogP) is 3.40. The maximum atomic E-state index is 14.0. The molecule has 0 heterocycles. The third kappa shape index (κ3) is 2.43. The van der Waals surface area contributed by atoms with Crippen LogP contribution < -0.4 is 5.32 Å². The number of rotatable bonds is 4. The van der Waals surface area contributed by atoms with Crippen molar-refractivity contribution >= 4 is 0 Å². The highest BCUT2D eigenvalue weighted by Gasteiger charge is 2.36. The van der Waals surface area contributed by atoms with Gasteiger partial charge in [-0.1, -0.05) is 24.3 Å². The van der Waals surface area contributed by atoms with Crippen molar-refractivity contribution in [3.63, 3.8) is 0 Å². The molecule has 2 rings (SSSR count). The summed E-state index contributed by atoms with van der Waals surface area (Å²) in [6, 6.07) is 8.61. The van der Waals surface area contributed by atoms with E-state index in [2.05, 4.69) is 24.4 Å². The lowest BCUT2D eigenvalue weighted by atomic mass is 9.77. The molecule has 0 amide bonds. The normalized spacial score (nSPS) is 20.2. The SMILES string of the molecule is CNC(C)c1cccc(CC2(F)CCC2)c1. The zero-order chi connectivity index (χ0) is 11.6. The van der Waals surface area contributed by atoms with E-state index < -0.39 is 5.67 Å². The summed E-state index contributed by atoms with van der Waals surface area (Å²) >= 11 is 0. The van der Waals surface area contributed by atoms with Crippen LogP contribution in [0, 0.1) is 0 Å². The van der Waals surface area contributed by atoms with E-state index >= 15 is 0 Å². The molecule has 16 heavy (non-hydrogen) atoms. The van der Waals surface area contributed by atoms with Gasteiger partial charge in [-0.3, -0.25) is 0 Å². The summed E-state index contributed by atoms with van der Waals surface area (Å²) in [5, 5.41) is 3.21. The Kier molecular flexibility index (Phi) is 3.29. The average molecular weight is 221 g/mol. The molecule has 0 bridgehead atoms. The first-order valence-electron chi connectivity index (χ1n) is 6.08. The first kappa shape index (κ1) is 11.6. The van der Waals surface area contributed by atoms with Gasteiger partial charge in [-0.05, 0) is 44.4 Å². The van der Waals surface area contributed by atoms with Crippen LogP contribution in [0.5, 0.6) is 0 Å². The maximum absolute atomic E-state index is 14.0. The van der Waals surface area contributed by atoms with Crippen LogP contribution >= 0.6 is 0 Å². The molecule has 0 saturated heterocycles. The van der Waals surface area contributed by atoms with Gasteiger partial charge >= 0.3 is 0 Å². The van der Waals surface area contributed by atoms with Crippen molar-refractivity contribution in [3.05, 3.63) is 35.4 Å². The molecule has 1 unspecified atom stereocenters. The van der Waals surface area contributed by atoms with Crippen LogP contribution in [0.2, 0.25) is 0 Å². The van der Waals surface area contributed by atoms with Gasteiger partial charge in [0.25, 0.3) is 0 Å². The fourth-order valence-corrected chi connectivity index (χ4v) is 2.24. The Hall–Kier alpha value is -0.890. The molecular formula is C14H20FN. The molecule has 1 aliphatic rings. The highest BCUT2D eigenvalue weighted by molar-refractivity contribution is 5.27. The van der Waals surface area contributed by atoms with Crippen LogP contribution in [0.25, 0.3) is 0 Å². The van der Waals surface area contributed by atoms with Crippen molar-refractivity contribution in [2.45, 2.75) is 44.3 Å². The molecule has 1 aromatic rings. The number of hydrogen-bond acceptors (Lipinski definition) is 1. The first-order chi connectivity index (χ1) is 7.63. The zero-order valence-corrected chi connectivity index (χ0v) is 10.1. The summed E-state index contributed by atoms with van der Waals surface area (Å²) in [6.07, 6.45) is 3.10. The lowest BCUT2D eigenvalue weighted by Crippen LogP contribution is -2.34. The van der Waals surface area contributed by atoms with E-state index in [0.29, 0.717) is 12.5 Å². The van der Waals surface area contributed by atoms with Gasteiger partial charge in [0.1, 0.15) is 5.67 Å². The van der Waals surface area contributed by atoms with E-state index in [1.807, 2.05) is 19.2 Å². The van der Waals surface area contributed by atoms with E-state index in [9.17, 15) is 4.39 Å². The Morgan fingerprint density at radius 2 is 2.19 bits per heavy atom. The molecule has 1 atom stereocenters. The van der Waals surface area contributed by atoms with Gasteiger partial charge in [-0.15, -0.1) is 0 Å². The second-order valence-electron chi connectivity index (χ2n) is 4.94. The number of benzene rings is 1. The van der Waals surface area contributed by atoms with Crippen molar-refractivity contribution < 1.29 is 4.39 Å². The van der Waals surface area contributed by atoms with Crippen LogP contribution in [0.15, 0.2) is 24.3 Å². The second kappa shape index (κ2) is 4.54. The lowest BCUT2D eigenvalue weighted by Gasteiger charge is -2.34. The maximum Gasteiger partial charge on any atom is 0.115 e. The Labute approximate surface area is 97.1 Å². The molecule has 2 heteroatoms. The highest BCUT2D eigenvalue weighted by atomic mass is 19.1. The fraction of sp³-hybridized carbons (Fsp3) is 0.571. The van der Waals surface area contributed by atoms with Crippen molar-refractivity contribution in [2.24, 2.45) is 0 Å². The van der Waals surface area contributed by atoms with Crippen LogP contribution in [-0.4, -0.2) is 12.7 Å². The van der Waals surface area contributed by atoms with Gasteiger partial charge in [0.05, 0.1) is 0 Å². The first-order valence-corrected chi connectivity index (χ1v) is 6.08. The summed E-state index contributed by atoms with van der Waals surface area (Å²) in [7, 11) is 1.94. The van der Waals surface area contributed by atoms with E-state index in [1.165, 1.54) is 5.56 Å². The van der Waals surface area contributed by atoms with Crippen molar-refractivity contribution in [2.75, 3.05) is 7.05 Å². The minimum atomic E-state index is -0.915. The smallest absolute Gasteiger partial charge is 0.115 e. The van der Waals surface area contributed by atoms with Gasteiger partial charge in [0.2, 0.25) is 0 Å². The molecule has 1 fully saturated rings.